The molecular weight excluding hydrogens is 212 g/mol. The van der Waals surface area contributed by atoms with Crippen molar-refractivity contribution in [1.29, 1.82) is 0 Å². The third kappa shape index (κ3) is 2.94. The molecule has 0 aliphatic carbocycles. The van der Waals surface area contributed by atoms with Crippen LogP contribution in [0.1, 0.15) is 31.2 Å². The molecule has 17 heavy (non-hydrogen) atoms. The lowest BCUT2D eigenvalue weighted by molar-refractivity contribution is 0.422. The number of hydrogen-bond acceptors (Lipinski definition) is 4. The molecule has 0 aromatic carbocycles. The molecule has 2 rings (SSSR count). The van der Waals surface area contributed by atoms with E-state index >= 15 is 0 Å². The van der Waals surface area contributed by atoms with Gasteiger partial charge in [0.15, 0.2) is 0 Å². The molecule has 1 fully saturated rings. The summed E-state index contributed by atoms with van der Waals surface area (Å²) in [5.74, 6) is 1.07. The van der Waals surface area contributed by atoms with Crippen molar-refractivity contribution in [1.82, 2.24) is 15.3 Å². The highest BCUT2D eigenvalue weighted by molar-refractivity contribution is 5.43. The quantitative estimate of drug-likeness (QED) is 0.864. The first-order chi connectivity index (χ1) is 8.20. The molecule has 1 aliphatic heterocycles. The normalized spacial score (nSPS) is 17.5. The van der Waals surface area contributed by atoms with Gasteiger partial charge >= 0.3 is 0 Å². The summed E-state index contributed by atoms with van der Waals surface area (Å²) < 4.78 is 0. The number of aryl methyl sites for hydroxylation is 2. The van der Waals surface area contributed by atoms with Crippen LogP contribution in [0.25, 0.3) is 0 Å². The average Bonchev–Trinajstić information content (AvgIpc) is 2.34. The molecular formula is C13H22N4. The van der Waals surface area contributed by atoms with Crippen molar-refractivity contribution >= 4 is 5.82 Å². The van der Waals surface area contributed by atoms with Crippen LogP contribution in [0.3, 0.4) is 0 Å². The van der Waals surface area contributed by atoms with Gasteiger partial charge in [-0.05, 0) is 33.2 Å². The Morgan fingerprint density at radius 2 is 2.06 bits per heavy atom. The molecule has 1 aromatic rings. The van der Waals surface area contributed by atoms with Gasteiger partial charge in [-0.25, -0.2) is 4.98 Å². The zero-order valence-corrected chi connectivity index (χ0v) is 11.0. The monoisotopic (exact) mass is 234 g/mol. The molecule has 0 radical (unpaired) electrons. The first-order valence-corrected chi connectivity index (χ1v) is 6.49. The lowest BCUT2D eigenvalue weighted by Gasteiger charge is -2.33. The van der Waals surface area contributed by atoms with Crippen LogP contribution in [0.2, 0.25) is 0 Å². The summed E-state index contributed by atoms with van der Waals surface area (Å²) in [6.45, 7) is 9.43. The second-order valence-electron chi connectivity index (χ2n) is 4.74. The molecule has 1 aliphatic rings. The fourth-order valence-corrected chi connectivity index (χ4v) is 2.41. The highest BCUT2D eigenvalue weighted by Crippen LogP contribution is 2.20. The Kier molecular flexibility index (Phi) is 3.94. The molecule has 2 heterocycles. The number of nitrogens with zero attached hydrogens (tertiary/aromatic N) is 3. The molecule has 4 nitrogen and oxygen atoms in total. The Labute approximate surface area is 103 Å². The maximum Gasteiger partial charge on any atom is 0.150 e. The number of anilines is 1. The first-order valence-electron chi connectivity index (χ1n) is 6.49. The number of nitrogens with one attached hydrogen (secondary N) is 1. The average molecular weight is 234 g/mol. The molecule has 0 spiro atoms. The van der Waals surface area contributed by atoms with Crippen molar-refractivity contribution in [2.45, 2.75) is 39.7 Å². The molecule has 1 saturated heterocycles. The third-order valence-electron chi connectivity index (χ3n) is 3.34. The van der Waals surface area contributed by atoms with E-state index in [0.717, 1.165) is 36.8 Å². The number of piperidine rings is 1. The summed E-state index contributed by atoms with van der Waals surface area (Å²) in [4.78, 5) is 11.4. The Bertz CT molecular complexity index is 370. The van der Waals surface area contributed by atoms with Gasteiger partial charge in [0.1, 0.15) is 5.82 Å². The Morgan fingerprint density at radius 1 is 1.35 bits per heavy atom. The molecule has 0 bridgehead atoms. The van der Waals surface area contributed by atoms with Gasteiger partial charge in [0.2, 0.25) is 0 Å². The van der Waals surface area contributed by atoms with Crippen molar-refractivity contribution in [2.24, 2.45) is 0 Å². The van der Waals surface area contributed by atoms with Crippen molar-refractivity contribution in [3.05, 3.63) is 17.6 Å². The minimum atomic E-state index is 0.675. The lowest BCUT2D eigenvalue weighted by atomic mass is 10.0. The Balaban J connectivity index is 2.02. The number of hydrogen-bond donors (Lipinski definition) is 1. The van der Waals surface area contributed by atoms with Crippen molar-refractivity contribution in [3.63, 3.8) is 0 Å². The van der Waals surface area contributed by atoms with E-state index in [1.807, 2.05) is 20.0 Å². The maximum absolute atomic E-state index is 4.61. The molecule has 0 unspecified atom stereocenters. The van der Waals surface area contributed by atoms with Gasteiger partial charge in [0, 0.05) is 25.3 Å². The van der Waals surface area contributed by atoms with Crippen molar-refractivity contribution in [3.8, 4) is 0 Å². The van der Waals surface area contributed by atoms with Crippen LogP contribution in [-0.4, -0.2) is 35.6 Å². The molecule has 1 aromatic heterocycles. The topological polar surface area (TPSA) is 41.0 Å². The predicted molar refractivity (Wildman–Crippen MR) is 70.4 cm³/mol. The second-order valence-corrected chi connectivity index (χ2v) is 4.74. The van der Waals surface area contributed by atoms with E-state index in [-0.39, 0.29) is 0 Å². The van der Waals surface area contributed by atoms with Gasteiger partial charge in [-0.1, -0.05) is 6.92 Å². The van der Waals surface area contributed by atoms with Crippen LogP contribution < -0.4 is 10.2 Å². The maximum atomic E-state index is 4.61. The van der Waals surface area contributed by atoms with Crippen LogP contribution in [0.5, 0.6) is 0 Å². The van der Waals surface area contributed by atoms with Gasteiger partial charge < -0.3 is 10.2 Å². The van der Waals surface area contributed by atoms with E-state index in [4.69, 9.17) is 0 Å². The van der Waals surface area contributed by atoms with Crippen LogP contribution in [0.15, 0.2) is 6.20 Å². The first kappa shape index (κ1) is 12.3. The Hall–Kier alpha value is -1.16. The van der Waals surface area contributed by atoms with Gasteiger partial charge in [0.05, 0.1) is 11.4 Å². The number of rotatable bonds is 3. The standard InChI is InChI=1S/C13H22N4/c1-4-14-12-5-7-17(8-6-12)13-11(3)15-9-10(2)16-13/h9,12,14H,4-8H2,1-3H3. The minimum absolute atomic E-state index is 0.675. The van der Waals surface area contributed by atoms with Crippen LogP contribution in [-0.2, 0) is 0 Å². The summed E-state index contributed by atoms with van der Waals surface area (Å²) in [6, 6.07) is 0.675. The largest absolute Gasteiger partial charge is 0.355 e. The fraction of sp³-hybridized carbons (Fsp3) is 0.692. The molecule has 0 saturated carbocycles. The molecule has 0 atom stereocenters. The third-order valence-corrected chi connectivity index (χ3v) is 3.34. The van der Waals surface area contributed by atoms with Crippen LogP contribution in [0, 0.1) is 13.8 Å². The highest BCUT2D eigenvalue weighted by atomic mass is 15.2. The summed E-state index contributed by atoms with van der Waals surface area (Å²) >= 11 is 0. The summed E-state index contributed by atoms with van der Waals surface area (Å²) in [5.41, 5.74) is 2.04. The highest BCUT2D eigenvalue weighted by Gasteiger charge is 2.20. The summed E-state index contributed by atoms with van der Waals surface area (Å²) in [7, 11) is 0. The van der Waals surface area contributed by atoms with E-state index in [2.05, 4.69) is 27.1 Å². The smallest absolute Gasteiger partial charge is 0.150 e. The minimum Gasteiger partial charge on any atom is -0.355 e. The predicted octanol–water partition coefficient (Wildman–Crippen LogP) is 1.67. The zero-order valence-electron chi connectivity index (χ0n) is 11.0. The summed E-state index contributed by atoms with van der Waals surface area (Å²) in [5, 5.41) is 3.52. The van der Waals surface area contributed by atoms with Gasteiger partial charge in [-0.15, -0.1) is 0 Å². The van der Waals surface area contributed by atoms with Crippen molar-refractivity contribution < 1.29 is 0 Å². The molecule has 1 N–H and O–H groups in total. The Morgan fingerprint density at radius 3 is 2.71 bits per heavy atom. The van der Waals surface area contributed by atoms with E-state index in [1.165, 1.54) is 12.8 Å². The van der Waals surface area contributed by atoms with E-state index in [0.29, 0.717) is 6.04 Å². The van der Waals surface area contributed by atoms with Crippen molar-refractivity contribution in [2.75, 3.05) is 24.5 Å². The number of aromatic nitrogens is 2. The van der Waals surface area contributed by atoms with Crippen LogP contribution >= 0.6 is 0 Å². The SMILES string of the molecule is CCNC1CCN(c2nc(C)cnc2C)CC1. The molecule has 0 amide bonds. The fourth-order valence-electron chi connectivity index (χ4n) is 2.41. The second kappa shape index (κ2) is 5.45. The van der Waals surface area contributed by atoms with E-state index in [9.17, 15) is 0 Å². The van der Waals surface area contributed by atoms with Crippen LogP contribution in [0.4, 0.5) is 5.82 Å². The van der Waals surface area contributed by atoms with Gasteiger partial charge in [-0.2, -0.15) is 0 Å². The van der Waals surface area contributed by atoms with E-state index in [1.54, 1.807) is 0 Å². The lowest BCUT2D eigenvalue weighted by Crippen LogP contribution is -2.43. The van der Waals surface area contributed by atoms with E-state index < -0.39 is 0 Å². The summed E-state index contributed by atoms with van der Waals surface area (Å²) in [6.07, 6.45) is 4.23. The van der Waals surface area contributed by atoms with Gasteiger partial charge in [0.25, 0.3) is 0 Å². The van der Waals surface area contributed by atoms with Gasteiger partial charge in [-0.3, -0.25) is 4.98 Å². The molecule has 4 heteroatoms. The molecule has 94 valence electrons. The zero-order chi connectivity index (χ0) is 12.3.